The van der Waals surface area contributed by atoms with Crippen LogP contribution in [-0.4, -0.2) is 19.6 Å². The van der Waals surface area contributed by atoms with Gasteiger partial charge < -0.3 is 10.2 Å². The van der Waals surface area contributed by atoms with E-state index in [0.717, 1.165) is 19.6 Å². The molecule has 1 fully saturated rings. The Morgan fingerprint density at radius 1 is 1.15 bits per heavy atom. The van der Waals surface area contributed by atoms with Crippen molar-refractivity contribution in [2.75, 3.05) is 24.5 Å². The van der Waals surface area contributed by atoms with Gasteiger partial charge in [0.05, 0.1) is 0 Å². The molecule has 0 aliphatic carbocycles. The molecule has 1 saturated heterocycles. The first kappa shape index (κ1) is 13.7. The van der Waals surface area contributed by atoms with Crippen molar-refractivity contribution in [1.29, 1.82) is 0 Å². The fourth-order valence-corrected chi connectivity index (χ4v) is 3.04. The molecule has 3 rings (SSSR count). The third kappa shape index (κ3) is 2.89. The molecule has 1 unspecified atom stereocenters. The quantitative estimate of drug-likeness (QED) is 0.898. The smallest absolute Gasteiger partial charge is 0.0498 e. The normalized spacial score (nSPS) is 19.1. The van der Waals surface area contributed by atoms with E-state index in [1.807, 2.05) is 0 Å². The van der Waals surface area contributed by atoms with Gasteiger partial charge in [-0.2, -0.15) is 0 Å². The Labute approximate surface area is 128 Å². The standard InChI is InChI=1S/C17H19BrN2/c1-13-7-8-15(11-16(13)18)20-10-9-19-17(12-20)14-5-3-2-4-6-14/h2-8,11,17,19H,9-10,12H2,1H3. The molecule has 1 aliphatic heterocycles. The van der Waals surface area contributed by atoms with E-state index in [1.165, 1.54) is 21.3 Å². The van der Waals surface area contributed by atoms with E-state index in [2.05, 4.69) is 81.6 Å². The first-order valence-electron chi connectivity index (χ1n) is 7.03. The highest BCUT2D eigenvalue weighted by Gasteiger charge is 2.20. The van der Waals surface area contributed by atoms with E-state index in [1.54, 1.807) is 0 Å². The maximum atomic E-state index is 3.63. The Kier molecular flexibility index (Phi) is 4.08. The van der Waals surface area contributed by atoms with Crippen LogP contribution in [0.2, 0.25) is 0 Å². The lowest BCUT2D eigenvalue weighted by Crippen LogP contribution is -2.45. The highest BCUT2D eigenvalue weighted by atomic mass is 79.9. The van der Waals surface area contributed by atoms with Gasteiger partial charge in [0.15, 0.2) is 0 Å². The fraction of sp³-hybridized carbons (Fsp3) is 0.294. The topological polar surface area (TPSA) is 15.3 Å². The van der Waals surface area contributed by atoms with E-state index in [-0.39, 0.29) is 0 Å². The molecule has 1 N–H and O–H groups in total. The summed E-state index contributed by atoms with van der Waals surface area (Å²) in [5.41, 5.74) is 3.94. The van der Waals surface area contributed by atoms with E-state index < -0.39 is 0 Å². The van der Waals surface area contributed by atoms with Crippen LogP contribution in [0, 0.1) is 6.92 Å². The van der Waals surface area contributed by atoms with Gasteiger partial charge in [-0.1, -0.05) is 52.3 Å². The van der Waals surface area contributed by atoms with Crippen LogP contribution in [0.5, 0.6) is 0 Å². The van der Waals surface area contributed by atoms with E-state index in [4.69, 9.17) is 0 Å². The number of anilines is 1. The van der Waals surface area contributed by atoms with Crippen molar-refractivity contribution in [2.45, 2.75) is 13.0 Å². The molecule has 2 nitrogen and oxygen atoms in total. The molecule has 1 heterocycles. The molecule has 0 aromatic heterocycles. The average molecular weight is 331 g/mol. The zero-order valence-corrected chi connectivity index (χ0v) is 13.2. The summed E-state index contributed by atoms with van der Waals surface area (Å²) in [5.74, 6) is 0. The number of rotatable bonds is 2. The summed E-state index contributed by atoms with van der Waals surface area (Å²) in [4.78, 5) is 2.46. The lowest BCUT2D eigenvalue weighted by Gasteiger charge is -2.35. The highest BCUT2D eigenvalue weighted by molar-refractivity contribution is 9.10. The van der Waals surface area contributed by atoms with Crippen molar-refractivity contribution >= 4 is 21.6 Å². The maximum Gasteiger partial charge on any atom is 0.0498 e. The minimum absolute atomic E-state index is 0.407. The number of hydrogen-bond acceptors (Lipinski definition) is 2. The first-order chi connectivity index (χ1) is 9.74. The van der Waals surface area contributed by atoms with Crippen LogP contribution >= 0.6 is 15.9 Å². The lowest BCUT2D eigenvalue weighted by molar-refractivity contribution is 0.472. The molecule has 0 amide bonds. The molecule has 0 spiro atoms. The van der Waals surface area contributed by atoms with E-state index in [9.17, 15) is 0 Å². The number of hydrogen-bond donors (Lipinski definition) is 1. The molecule has 2 aromatic carbocycles. The van der Waals surface area contributed by atoms with Gasteiger partial charge in [0, 0.05) is 35.8 Å². The fourth-order valence-electron chi connectivity index (χ4n) is 2.67. The Bertz CT molecular complexity index is 583. The summed E-state index contributed by atoms with van der Waals surface area (Å²) in [6, 6.07) is 17.7. The maximum absolute atomic E-state index is 3.63. The number of halogens is 1. The van der Waals surface area contributed by atoms with Crippen molar-refractivity contribution < 1.29 is 0 Å². The Morgan fingerprint density at radius 2 is 1.95 bits per heavy atom. The summed E-state index contributed by atoms with van der Waals surface area (Å²) in [7, 11) is 0. The molecular formula is C17H19BrN2. The minimum atomic E-state index is 0.407. The zero-order valence-electron chi connectivity index (χ0n) is 11.6. The second kappa shape index (κ2) is 5.98. The number of nitrogens with one attached hydrogen (secondary N) is 1. The molecule has 1 aliphatic rings. The number of benzene rings is 2. The summed E-state index contributed by atoms with van der Waals surface area (Å²) >= 11 is 3.63. The summed E-state index contributed by atoms with van der Waals surface area (Å²) in [5, 5.41) is 3.61. The van der Waals surface area contributed by atoms with Crippen molar-refractivity contribution in [3.63, 3.8) is 0 Å². The van der Waals surface area contributed by atoms with Crippen LogP contribution in [0.1, 0.15) is 17.2 Å². The van der Waals surface area contributed by atoms with Crippen LogP contribution in [0.3, 0.4) is 0 Å². The molecule has 0 saturated carbocycles. The molecule has 2 aromatic rings. The third-order valence-electron chi connectivity index (χ3n) is 3.90. The second-order valence-corrected chi connectivity index (χ2v) is 6.15. The average Bonchev–Trinajstić information content (AvgIpc) is 2.51. The van der Waals surface area contributed by atoms with Gasteiger partial charge in [-0.3, -0.25) is 0 Å². The Morgan fingerprint density at radius 3 is 2.70 bits per heavy atom. The van der Waals surface area contributed by atoms with Crippen molar-refractivity contribution in [3.8, 4) is 0 Å². The SMILES string of the molecule is Cc1ccc(N2CCNC(c3ccccc3)C2)cc1Br. The van der Waals surface area contributed by atoms with Gasteiger partial charge in [-0.15, -0.1) is 0 Å². The van der Waals surface area contributed by atoms with Gasteiger partial charge in [0.25, 0.3) is 0 Å². The van der Waals surface area contributed by atoms with Gasteiger partial charge >= 0.3 is 0 Å². The number of aryl methyl sites for hydroxylation is 1. The monoisotopic (exact) mass is 330 g/mol. The Hall–Kier alpha value is -1.32. The van der Waals surface area contributed by atoms with Gasteiger partial charge in [0.1, 0.15) is 0 Å². The lowest BCUT2D eigenvalue weighted by atomic mass is 10.0. The molecule has 20 heavy (non-hydrogen) atoms. The highest BCUT2D eigenvalue weighted by Crippen LogP contribution is 2.26. The summed E-state index contributed by atoms with van der Waals surface area (Å²) < 4.78 is 1.18. The number of nitrogens with zero attached hydrogens (tertiary/aromatic N) is 1. The summed E-state index contributed by atoms with van der Waals surface area (Å²) in [6.07, 6.45) is 0. The summed E-state index contributed by atoms with van der Waals surface area (Å²) in [6.45, 7) is 5.21. The largest absolute Gasteiger partial charge is 0.368 e. The van der Waals surface area contributed by atoms with Crippen molar-refractivity contribution in [2.24, 2.45) is 0 Å². The first-order valence-corrected chi connectivity index (χ1v) is 7.83. The molecule has 1 atom stereocenters. The zero-order chi connectivity index (χ0) is 13.9. The van der Waals surface area contributed by atoms with E-state index >= 15 is 0 Å². The third-order valence-corrected chi connectivity index (χ3v) is 4.75. The van der Waals surface area contributed by atoms with Crippen LogP contribution in [0.25, 0.3) is 0 Å². The predicted octanol–water partition coefficient (Wildman–Crippen LogP) is 3.91. The van der Waals surface area contributed by atoms with Crippen LogP contribution in [-0.2, 0) is 0 Å². The van der Waals surface area contributed by atoms with Crippen LogP contribution < -0.4 is 10.2 Å². The van der Waals surface area contributed by atoms with Crippen molar-refractivity contribution in [1.82, 2.24) is 5.32 Å². The molecular weight excluding hydrogens is 312 g/mol. The van der Waals surface area contributed by atoms with Crippen LogP contribution in [0.15, 0.2) is 53.0 Å². The van der Waals surface area contributed by atoms with E-state index in [0.29, 0.717) is 6.04 Å². The molecule has 0 radical (unpaired) electrons. The molecule has 104 valence electrons. The predicted molar refractivity (Wildman–Crippen MR) is 88.3 cm³/mol. The minimum Gasteiger partial charge on any atom is -0.368 e. The second-order valence-electron chi connectivity index (χ2n) is 5.30. The number of piperazine rings is 1. The molecule has 0 bridgehead atoms. The van der Waals surface area contributed by atoms with Gasteiger partial charge in [0.2, 0.25) is 0 Å². The van der Waals surface area contributed by atoms with Gasteiger partial charge in [-0.25, -0.2) is 0 Å². The Balaban J connectivity index is 1.79. The van der Waals surface area contributed by atoms with Crippen LogP contribution in [0.4, 0.5) is 5.69 Å². The van der Waals surface area contributed by atoms with Crippen molar-refractivity contribution in [3.05, 3.63) is 64.1 Å². The molecule has 3 heteroatoms. The van der Waals surface area contributed by atoms with Gasteiger partial charge in [-0.05, 0) is 30.2 Å².